The first kappa shape index (κ1) is 17.2. The van der Waals surface area contributed by atoms with E-state index in [9.17, 15) is 8.42 Å². The molecule has 0 spiro atoms. The lowest BCUT2D eigenvalue weighted by Crippen LogP contribution is -2.33. The molecule has 2 N–H and O–H groups in total. The molecule has 0 amide bonds. The predicted octanol–water partition coefficient (Wildman–Crippen LogP) is 0.931. The minimum atomic E-state index is -3.47. The van der Waals surface area contributed by atoms with Crippen molar-refractivity contribution < 1.29 is 13.2 Å². The van der Waals surface area contributed by atoms with Gasteiger partial charge in [0.05, 0.1) is 4.90 Å². The molecule has 1 rings (SSSR count). The lowest BCUT2D eigenvalue weighted by molar-refractivity contribution is 0.188. The maximum atomic E-state index is 12.3. The molecule has 116 valence electrons. The molecule has 1 unspecified atom stereocenters. The third kappa shape index (κ3) is 4.59. The van der Waals surface area contributed by atoms with E-state index in [0.717, 1.165) is 12.2 Å². The summed E-state index contributed by atoms with van der Waals surface area (Å²) >= 11 is 0. The van der Waals surface area contributed by atoms with E-state index in [4.69, 9.17) is 4.74 Å². The molecule has 1 aromatic heterocycles. The van der Waals surface area contributed by atoms with Crippen LogP contribution in [0.25, 0.3) is 0 Å². The van der Waals surface area contributed by atoms with Gasteiger partial charge in [0.2, 0.25) is 10.0 Å². The normalized spacial score (nSPS) is 13.6. The number of sulfonamides is 1. The molecule has 0 radical (unpaired) electrons. The third-order valence-electron chi connectivity index (χ3n) is 3.08. The first-order chi connectivity index (χ1) is 9.44. The Balaban J connectivity index is 2.86. The maximum absolute atomic E-state index is 12.3. The van der Waals surface area contributed by atoms with Gasteiger partial charge in [0.15, 0.2) is 0 Å². The van der Waals surface area contributed by atoms with Crippen LogP contribution in [-0.4, -0.2) is 39.8 Å². The van der Waals surface area contributed by atoms with Crippen LogP contribution in [0.4, 0.5) is 0 Å². The molecule has 0 fully saturated rings. The van der Waals surface area contributed by atoms with E-state index in [1.807, 2.05) is 25.5 Å². The Morgan fingerprint density at radius 3 is 2.70 bits per heavy atom. The van der Waals surface area contributed by atoms with Gasteiger partial charge in [-0.1, -0.05) is 0 Å². The van der Waals surface area contributed by atoms with E-state index in [2.05, 4.69) is 10.0 Å². The van der Waals surface area contributed by atoms with Gasteiger partial charge in [-0.05, 0) is 33.4 Å². The maximum Gasteiger partial charge on any atom is 0.242 e. The molecule has 20 heavy (non-hydrogen) atoms. The van der Waals surface area contributed by atoms with Gasteiger partial charge in [-0.3, -0.25) is 0 Å². The second-order valence-electron chi connectivity index (χ2n) is 4.79. The Kier molecular flexibility index (Phi) is 6.67. The number of rotatable bonds is 9. The highest BCUT2D eigenvalue weighted by Crippen LogP contribution is 2.15. The molecule has 1 heterocycles. The number of aromatic nitrogens is 1. The standard InChI is InChI=1S/C13H25N3O3S/c1-5-16-10-13(8-12(16)9-14-3)20(17,18)15-11(2)6-7-19-4/h8,10-11,14-15H,5-7,9H2,1-4H3. The van der Waals surface area contributed by atoms with E-state index in [-0.39, 0.29) is 6.04 Å². The van der Waals surface area contributed by atoms with Crippen LogP contribution >= 0.6 is 0 Å². The zero-order chi connectivity index (χ0) is 15.2. The van der Waals surface area contributed by atoms with E-state index in [1.54, 1.807) is 19.4 Å². The summed E-state index contributed by atoms with van der Waals surface area (Å²) in [6, 6.07) is 1.56. The average molecular weight is 303 g/mol. The smallest absolute Gasteiger partial charge is 0.242 e. The quantitative estimate of drug-likeness (QED) is 0.712. The Bertz CT molecular complexity index is 511. The van der Waals surface area contributed by atoms with Gasteiger partial charge in [-0.25, -0.2) is 13.1 Å². The van der Waals surface area contributed by atoms with Crippen molar-refractivity contribution in [3.05, 3.63) is 18.0 Å². The van der Waals surface area contributed by atoms with Crippen molar-refractivity contribution in [3.63, 3.8) is 0 Å². The Morgan fingerprint density at radius 2 is 2.15 bits per heavy atom. The summed E-state index contributed by atoms with van der Waals surface area (Å²) in [5.74, 6) is 0. The topological polar surface area (TPSA) is 72.4 Å². The molecular weight excluding hydrogens is 278 g/mol. The highest BCUT2D eigenvalue weighted by molar-refractivity contribution is 7.89. The summed E-state index contributed by atoms with van der Waals surface area (Å²) in [5.41, 5.74) is 0.958. The summed E-state index contributed by atoms with van der Waals surface area (Å²) in [6.45, 7) is 5.74. The molecule has 6 nitrogen and oxygen atoms in total. The van der Waals surface area contributed by atoms with Crippen molar-refractivity contribution in [3.8, 4) is 0 Å². The van der Waals surface area contributed by atoms with Gasteiger partial charge in [0, 0.05) is 44.7 Å². The van der Waals surface area contributed by atoms with Crippen LogP contribution in [0.3, 0.4) is 0 Å². The number of nitrogens with zero attached hydrogens (tertiary/aromatic N) is 1. The first-order valence-electron chi connectivity index (χ1n) is 6.79. The number of nitrogens with one attached hydrogen (secondary N) is 2. The molecule has 0 saturated heterocycles. The minimum absolute atomic E-state index is 0.155. The molecular formula is C13H25N3O3S. The number of hydrogen-bond donors (Lipinski definition) is 2. The number of hydrogen-bond acceptors (Lipinski definition) is 4. The lowest BCUT2D eigenvalue weighted by atomic mass is 10.3. The Hall–Kier alpha value is -0.890. The van der Waals surface area contributed by atoms with Crippen molar-refractivity contribution >= 4 is 10.0 Å². The molecule has 0 aliphatic carbocycles. The van der Waals surface area contributed by atoms with E-state index in [1.165, 1.54) is 0 Å². The SMILES string of the molecule is CCn1cc(S(=O)(=O)NC(C)CCOC)cc1CNC. The minimum Gasteiger partial charge on any atom is -0.385 e. The van der Waals surface area contributed by atoms with E-state index in [0.29, 0.717) is 24.5 Å². The second kappa shape index (κ2) is 7.78. The third-order valence-corrected chi connectivity index (χ3v) is 4.64. The second-order valence-corrected chi connectivity index (χ2v) is 6.50. The predicted molar refractivity (Wildman–Crippen MR) is 79.1 cm³/mol. The molecule has 1 atom stereocenters. The fourth-order valence-electron chi connectivity index (χ4n) is 1.98. The monoisotopic (exact) mass is 303 g/mol. The van der Waals surface area contributed by atoms with Crippen LogP contribution in [0.15, 0.2) is 17.2 Å². The fraction of sp³-hybridized carbons (Fsp3) is 0.692. The van der Waals surface area contributed by atoms with Crippen molar-refractivity contribution in [1.82, 2.24) is 14.6 Å². The molecule has 7 heteroatoms. The summed E-state index contributed by atoms with van der Waals surface area (Å²) < 4.78 is 34.2. The van der Waals surface area contributed by atoms with Gasteiger partial charge in [-0.2, -0.15) is 0 Å². The zero-order valence-corrected chi connectivity index (χ0v) is 13.5. The summed E-state index contributed by atoms with van der Waals surface area (Å²) in [5, 5.41) is 3.04. The highest BCUT2D eigenvalue weighted by atomic mass is 32.2. The van der Waals surface area contributed by atoms with Crippen LogP contribution < -0.4 is 10.0 Å². The number of ether oxygens (including phenoxy) is 1. The van der Waals surface area contributed by atoms with Crippen molar-refractivity contribution in [2.45, 2.75) is 44.3 Å². The summed E-state index contributed by atoms with van der Waals surface area (Å²) in [7, 11) is -0.0309. The molecule has 0 aromatic carbocycles. The highest BCUT2D eigenvalue weighted by Gasteiger charge is 2.20. The fourth-order valence-corrected chi connectivity index (χ4v) is 3.32. The average Bonchev–Trinajstić information content (AvgIpc) is 2.80. The number of methoxy groups -OCH3 is 1. The molecule has 1 aromatic rings. The van der Waals surface area contributed by atoms with Gasteiger partial charge < -0.3 is 14.6 Å². The summed E-state index contributed by atoms with van der Waals surface area (Å²) in [4.78, 5) is 0.314. The van der Waals surface area contributed by atoms with Gasteiger partial charge in [0.1, 0.15) is 0 Å². The molecule has 0 bridgehead atoms. The van der Waals surface area contributed by atoms with Crippen LogP contribution in [0.5, 0.6) is 0 Å². The first-order valence-corrected chi connectivity index (χ1v) is 8.27. The van der Waals surface area contributed by atoms with Gasteiger partial charge in [-0.15, -0.1) is 0 Å². The van der Waals surface area contributed by atoms with Crippen molar-refractivity contribution in [1.29, 1.82) is 0 Å². The molecule has 0 aliphatic rings. The van der Waals surface area contributed by atoms with Crippen LogP contribution in [0.2, 0.25) is 0 Å². The summed E-state index contributed by atoms with van der Waals surface area (Å²) in [6.07, 6.45) is 2.33. The lowest BCUT2D eigenvalue weighted by Gasteiger charge is -2.12. The molecule has 0 aliphatic heterocycles. The van der Waals surface area contributed by atoms with Crippen molar-refractivity contribution in [2.24, 2.45) is 0 Å². The number of aryl methyl sites for hydroxylation is 1. The van der Waals surface area contributed by atoms with Crippen LogP contribution in [0, 0.1) is 0 Å². The van der Waals surface area contributed by atoms with Gasteiger partial charge >= 0.3 is 0 Å². The van der Waals surface area contributed by atoms with Crippen LogP contribution in [0.1, 0.15) is 26.0 Å². The Morgan fingerprint density at radius 1 is 1.45 bits per heavy atom. The zero-order valence-electron chi connectivity index (χ0n) is 12.6. The van der Waals surface area contributed by atoms with E-state index < -0.39 is 10.0 Å². The Labute approximate surface area is 121 Å². The largest absolute Gasteiger partial charge is 0.385 e. The van der Waals surface area contributed by atoms with Gasteiger partial charge in [0.25, 0.3) is 0 Å². The van der Waals surface area contributed by atoms with E-state index >= 15 is 0 Å². The molecule has 0 saturated carbocycles. The van der Waals surface area contributed by atoms with Crippen LogP contribution in [-0.2, 0) is 27.8 Å². The van der Waals surface area contributed by atoms with Crippen molar-refractivity contribution in [2.75, 3.05) is 20.8 Å².